The number of anilines is 1. The lowest BCUT2D eigenvalue weighted by atomic mass is 10.1. The zero-order chi connectivity index (χ0) is 15.3. The van der Waals surface area contributed by atoms with Crippen molar-refractivity contribution < 1.29 is 0 Å². The molecular formula is C15H17ClN6. The van der Waals surface area contributed by atoms with Crippen LogP contribution in [0.2, 0.25) is 5.15 Å². The third-order valence-electron chi connectivity index (χ3n) is 4.39. The van der Waals surface area contributed by atoms with Crippen LogP contribution in [0.15, 0.2) is 18.6 Å². The number of aromatic nitrogens is 5. The molecule has 3 aromatic heterocycles. The highest BCUT2D eigenvalue weighted by Crippen LogP contribution is 2.41. The van der Waals surface area contributed by atoms with Gasteiger partial charge in [0, 0.05) is 25.4 Å². The fraction of sp³-hybridized carbons (Fsp3) is 0.400. The van der Waals surface area contributed by atoms with Gasteiger partial charge in [0.05, 0.1) is 17.1 Å². The van der Waals surface area contributed by atoms with E-state index in [1.807, 2.05) is 26.2 Å². The van der Waals surface area contributed by atoms with E-state index in [2.05, 4.69) is 25.0 Å². The minimum absolute atomic E-state index is 0.217. The number of H-pyrrole nitrogens is 1. The van der Waals surface area contributed by atoms with Gasteiger partial charge in [0.15, 0.2) is 0 Å². The van der Waals surface area contributed by atoms with Gasteiger partial charge in [-0.3, -0.25) is 4.68 Å². The predicted octanol–water partition coefficient (Wildman–Crippen LogP) is 2.99. The largest absolute Gasteiger partial charge is 0.349 e. The molecule has 0 spiro atoms. The van der Waals surface area contributed by atoms with E-state index in [-0.39, 0.29) is 6.04 Å². The van der Waals surface area contributed by atoms with Crippen LogP contribution in [0.1, 0.15) is 30.1 Å². The van der Waals surface area contributed by atoms with Crippen molar-refractivity contribution in [1.82, 2.24) is 24.7 Å². The molecule has 1 saturated heterocycles. The minimum atomic E-state index is 0.217. The van der Waals surface area contributed by atoms with E-state index in [0.29, 0.717) is 5.15 Å². The summed E-state index contributed by atoms with van der Waals surface area (Å²) in [7, 11) is 1.88. The summed E-state index contributed by atoms with van der Waals surface area (Å²) in [6, 6.07) is 2.24. The van der Waals surface area contributed by atoms with Gasteiger partial charge in [-0.25, -0.2) is 9.97 Å². The van der Waals surface area contributed by atoms with Crippen LogP contribution in [-0.2, 0) is 7.05 Å². The zero-order valence-electron chi connectivity index (χ0n) is 12.5. The van der Waals surface area contributed by atoms with Crippen molar-refractivity contribution >= 4 is 28.5 Å². The van der Waals surface area contributed by atoms with Crippen molar-refractivity contribution in [2.45, 2.75) is 25.8 Å². The molecule has 1 N–H and O–H groups in total. The summed E-state index contributed by atoms with van der Waals surface area (Å²) < 4.78 is 1.74. The molecule has 0 bridgehead atoms. The smallest absolute Gasteiger partial charge is 0.142 e. The van der Waals surface area contributed by atoms with Crippen molar-refractivity contribution in [3.63, 3.8) is 0 Å². The highest BCUT2D eigenvalue weighted by Gasteiger charge is 2.32. The summed E-state index contributed by atoms with van der Waals surface area (Å²) in [6.45, 7) is 2.98. The van der Waals surface area contributed by atoms with Crippen molar-refractivity contribution in [1.29, 1.82) is 0 Å². The molecular weight excluding hydrogens is 300 g/mol. The zero-order valence-corrected chi connectivity index (χ0v) is 13.3. The molecule has 1 aliphatic rings. The molecule has 22 heavy (non-hydrogen) atoms. The van der Waals surface area contributed by atoms with Gasteiger partial charge in [0.1, 0.15) is 22.9 Å². The lowest BCUT2D eigenvalue weighted by Crippen LogP contribution is -2.24. The molecule has 4 rings (SSSR count). The number of fused-ring (bicyclic) bond motifs is 1. The van der Waals surface area contributed by atoms with Crippen LogP contribution >= 0.6 is 11.6 Å². The number of aromatic amines is 1. The lowest BCUT2D eigenvalue weighted by molar-refractivity contribution is 0.707. The van der Waals surface area contributed by atoms with Crippen LogP contribution in [0.5, 0.6) is 0 Å². The fourth-order valence-electron chi connectivity index (χ4n) is 3.43. The number of hydrogen-bond acceptors (Lipinski definition) is 4. The Hall–Kier alpha value is -2.08. The van der Waals surface area contributed by atoms with Gasteiger partial charge in [-0.1, -0.05) is 11.6 Å². The fourth-order valence-corrected chi connectivity index (χ4v) is 3.73. The van der Waals surface area contributed by atoms with E-state index in [1.165, 1.54) is 0 Å². The highest BCUT2D eigenvalue weighted by molar-refractivity contribution is 6.30. The second-order valence-electron chi connectivity index (χ2n) is 5.70. The molecule has 1 fully saturated rings. The van der Waals surface area contributed by atoms with Crippen molar-refractivity contribution in [2.24, 2.45) is 7.05 Å². The Kier molecular flexibility index (Phi) is 3.07. The van der Waals surface area contributed by atoms with Gasteiger partial charge in [-0.05, 0) is 25.8 Å². The van der Waals surface area contributed by atoms with Crippen LogP contribution in [-0.4, -0.2) is 31.3 Å². The van der Waals surface area contributed by atoms with E-state index in [0.717, 1.165) is 47.5 Å². The van der Waals surface area contributed by atoms with Gasteiger partial charge in [0.2, 0.25) is 0 Å². The van der Waals surface area contributed by atoms with Crippen LogP contribution in [0.25, 0.3) is 11.0 Å². The summed E-state index contributed by atoms with van der Waals surface area (Å²) in [6.07, 6.45) is 5.69. The van der Waals surface area contributed by atoms with E-state index >= 15 is 0 Å². The maximum Gasteiger partial charge on any atom is 0.142 e. The second-order valence-corrected chi connectivity index (χ2v) is 6.06. The Morgan fingerprint density at radius 3 is 3.00 bits per heavy atom. The van der Waals surface area contributed by atoms with Crippen LogP contribution in [0.4, 0.5) is 5.82 Å². The molecule has 1 atom stereocenters. The van der Waals surface area contributed by atoms with Crippen molar-refractivity contribution in [2.75, 3.05) is 11.4 Å². The summed E-state index contributed by atoms with van der Waals surface area (Å²) in [5.74, 6) is 0.966. The van der Waals surface area contributed by atoms with E-state index in [1.54, 1.807) is 11.0 Å². The molecule has 7 heteroatoms. The Morgan fingerprint density at radius 1 is 1.36 bits per heavy atom. The van der Waals surface area contributed by atoms with Gasteiger partial charge in [0.25, 0.3) is 0 Å². The lowest BCUT2D eigenvalue weighted by Gasteiger charge is -2.26. The molecule has 114 valence electrons. The number of nitrogens with one attached hydrogen (secondary N) is 1. The maximum absolute atomic E-state index is 6.48. The van der Waals surface area contributed by atoms with Crippen molar-refractivity contribution in [3.05, 3.63) is 35.0 Å². The molecule has 0 radical (unpaired) electrons. The summed E-state index contributed by atoms with van der Waals surface area (Å²) in [5.41, 5.74) is 2.97. The Morgan fingerprint density at radius 2 is 2.23 bits per heavy atom. The maximum atomic E-state index is 6.48. The molecule has 0 saturated carbocycles. The van der Waals surface area contributed by atoms with Crippen LogP contribution in [0.3, 0.4) is 0 Å². The molecule has 0 unspecified atom stereocenters. The predicted molar refractivity (Wildman–Crippen MR) is 86.2 cm³/mol. The molecule has 1 aliphatic heterocycles. The third-order valence-corrected chi connectivity index (χ3v) is 4.84. The van der Waals surface area contributed by atoms with Gasteiger partial charge < -0.3 is 9.88 Å². The van der Waals surface area contributed by atoms with E-state index in [9.17, 15) is 0 Å². The van der Waals surface area contributed by atoms with Gasteiger partial charge >= 0.3 is 0 Å². The van der Waals surface area contributed by atoms with Gasteiger partial charge in [-0.15, -0.1) is 0 Å². The molecule has 0 aromatic carbocycles. The number of aryl methyl sites for hydroxylation is 2. The molecule has 0 aliphatic carbocycles. The standard InChI is InChI=1S/C15H17ClN6/c1-9-12(13(16)21(2)20-9)11-4-3-7-22(11)15-10-5-6-17-14(10)18-8-19-15/h5-6,8,11H,3-4,7H2,1-2H3,(H,17,18,19)/t11-/m0/s1. The first-order valence-electron chi connectivity index (χ1n) is 7.40. The summed E-state index contributed by atoms with van der Waals surface area (Å²) in [4.78, 5) is 14.3. The monoisotopic (exact) mass is 316 g/mol. The van der Waals surface area contributed by atoms with Gasteiger partial charge in [-0.2, -0.15) is 5.10 Å². The van der Waals surface area contributed by atoms with E-state index in [4.69, 9.17) is 11.6 Å². The molecule has 4 heterocycles. The molecule has 3 aromatic rings. The van der Waals surface area contributed by atoms with E-state index < -0.39 is 0 Å². The Bertz CT molecular complexity index is 836. The Balaban J connectivity index is 1.83. The second kappa shape index (κ2) is 4.98. The normalized spacial score (nSPS) is 18.5. The number of hydrogen-bond donors (Lipinski definition) is 1. The van der Waals surface area contributed by atoms with Crippen LogP contribution in [0, 0.1) is 6.92 Å². The first-order chi connectivity index (χ1) is 10.7. The summed E-state index contributed by atoms with van der Waals surface area (Å²) in [5, 5.41) is 6.22. The topological polar surface area (TPSA) is 62.6 Å². The SMILES string of the molecule is Cc1nn(C)c(Cl)c1[C@@H]1CCCN1c1ncnc2[nH]ccc12. The molecule has 6 nitrogen and oxygen atoms in total. The third kappa shape index (κ3) is 1.90. The van der Waals surface area contributed by atoms with Crippen LogP contribution < -0.4 is 4.90 Å². The average molecular weight is 317 g/mol. The number of nitrogens with zero attached hydrogens (tertiary/aromatic N) is 5. The average Bonchev–Trinajstić information content (AvgIpc) is 3.19. The quantitative estimate of drug-likeness (QED) is 0.789. The minimum Gasteiger partial charge on any atom is -0.349 e. The number of rotatable bonds is 2. The first-order valence-corrected chi connectivity index (χ1v) is 7.78. The van der Waals surface area contributed by atoms with Crippen molar-refractivity contribution in [3.8, 4) is 0 Å². The summed E-state index contributed by atoms with van der Waals surface area (Å²) >= 11 is 6.48. The Labute approximate surface area is 133 Å². The highest BCUT2D eigenvalue weighted by atomic mass is 35.5. The molecule has 0 amide bonds. The first kappa shape index (κ1) is 13.6. The number of halogens is 1.